The van der Waals surface area contributed by atoms with Crippen LogP contribution in [-0.4, -0.2) is 45.2 Å². The minimum Gasteiger partial charge on any atom is -0.372 e. The molecule has 0 bridgehead atoms. The largest absolute Gasteiger partial charge is 0.372 e. The average molecular weight is 320 g/mol. The highest BCUT2D eigenvalue weighted by atomic mass is 32.2. The van der Waals surface area contributed by atoms with Crippen molar-refractivity contribution in [2.45, 2.75) is 31.1 Å². The first kappa shape index (κ1) is 14.5. The summed E-state index contributed by atoms with van der Waals surface area (Å²) in [6.45, 7) is 3.69. The Bertz CT molecular complexity index is 664. The highest BCUT2D eigenvalue weighted by molar-refractivity contribution is 7.88. The number of rotatable bonds is 3. The Morgan fingerprint density at radius 1 is 1.09 bits per heavy atom. The molecule has 5 heteroatoms. The Balaban J connectivity index is 1.52. The van der Waals surface area contributed by atoms with Gasteiger partial charge in [-0.2, -0.15) is 0 Å². The van der Waals surface area contributed by atoms with E-state index in [1.165, 1.54) is 36.8 Å². The Labute approximate surface area is 133 Å². The second-order valence-electron chi connectivity index (χ2n) is 7.21. The molecule has 1 aromatic carbocycles. The highest BCUT2D eigenvalue weighted by Crippen LogP contribution is 2.59. The van der Waals surface area contributed by atoms with Crippen LogP contribution in [0.2, 0.25) is 0 Å². The van der Waals surface area contributed by atoms with Gasteiger partial charge in [0, 0.05) is 37.3 Å². The molecule has 0 radical (unpaired) electrons. The quantitative estimate of drug-likeness (QED) is 0.857. The summed E-state index contributed by atoms with van der Waals surface area (Å²) < 4.78 is 25.2. The fourth-order valence-electron chi connectivity index (χ4n) is 4.29. The maximum absolute atomic E-state index is 11.8. The van der Waals surface area contributed by atoms with Gasteiger partial charge in [0.05, 0.1) is 6.26 Å². The van der Waals surface area contributed by atoms with Crippen molar-refractivity contribution < 1.29 is 8.42 Å². The Morgan fingerprint density at radius 3 is 2.36 bits per heavy atom. The number of fused-ring (bicyclic) bond motifs is 1. The lowest BCUT2D eigenvalue weighted by atomic mass is 9.95. The van der Waals surface area contributed by atoms with Crippen LogP contribution in [-0.2, 0) is 15.4 Å². The third-order valence-electron chi connectivity index (χ3n) is 5.75. The van der Waals surface area contributed by atoms with Gasteiger partial charge in [-0.05, 0) is 49.3 Å². The first-order valence-corrected chi connectivity index (χ1v) is 10.1. The van der Waals surface area contributed by atoms with Crippen LogP contribution in [0.15, 0.2) is 24.3 Å². The summed E-state index contributed by atoms with van der Waals surface area (Å²) in [5.74, 6) is 0.517. The number of hydrogen-bond donors (Lipinski definition) is 0. The molecule has 0 N–H and O–H groups in total. The summed E-state index contributed by atoms with van der Waals surface area (Å²) in [7, 11) is -3.05. The van der Waals surface area contributed by atoms with E-state index >= 15 is 0 Å². The van der Waals surface area contributed by atoms with Crippen LogP contribution in [0.1, 0.15) is 31.2 Å². The van der Waals surface area contributed by atoms with Gasteiger partial charge >= 0.3 is 0 Å². The van der Waals surface area contributed by atoms with Crippen LogP contribution in [0.4, 0.5) is 5.69 Å². The topological polar surface area (TPSA) is 40.6 Å². The molecule has 3 fully saturated rings. The summed E-state index contributed by atoms with van der Waals surface area (Å²) in [6.07, 6.45) is 6.39. The van der Waals surface area contributed by atoms with Crippen molar-refractivity contribution in [2.24, 2.45) is 5.92 Å². The van der Waals surface area contributed by atoms with Crippen molar-refractivity contribution in [3.05, 3.63) is 29.8 Å². The van der Waals surface area contributed by atoms with E-state index in [9.17, 15) is 8.42 Å². The lowest BCUT2D eigenvalue weighted by Gasteiger charge is -2.29. The van der Waals surface area contributed by atoms with Crippen LogP contribution in [0.3, 0.4) is 0 Å². The van der Waals surface area contributed by atoms with E-state index in [0.717, 1.165) is 19.5 Å². The van der Waals surface area contributed by atoms with Crippen molar-refractivity contribution in [1.82, 2.24) is 4.31 Å². The smallest absolute Gasteiger partial charge is 0.211 e. The molecule has 120 valence electrons. The molecular formula is C17H24N2O2S. The van der Waals surface area contributed by atoms with E-state index in [-0.39, 0.29) is 5.41 Å². The minimum absolute atomic E-state index is 0.101. The summed E-state index contributed by atoms with van der Waals surface area (Å²) in [5, 5.41) is 0. The van der Waals surface area contributed by atoms with Gasteiger partial charge in [-0.25, -0.2) is 12.7 Å². The standard InChI is InChI=1S/C17H24N2O2S/c1-22(20,21)19-12-15-11-17(15,13-19)14-5-7-16(8-6-14)18-9-3-2-4-10-18/h5-8,15H,2-4,9-13H2,1H3. The number of nitrogens with zero attached hydrogens (tertiary/aromatic N) is 2. The molecule has 0 spiro atoms. The molecule has 4 nitrogen and oxygen atoms in total. The van der Waals surface area contributed by atoms with Crippen LogP contribution < -0.4 is 4.90 Å². The zero-order valence-corrected chi connectivity index (χ0v) is 14.0. The highest BCUT2D eigenvalue weighted by Gasteiger charge is 2.62. The predicted octanol–water partition coefficient (Wildman–Crippen LogP) is 2.21. The van der Waals surface area contributed by atoms with Gasteiger partial charge in [0.25, 0.3) is 0 Å². The molecule has 2 heterocycles. The molecule has 2 atom stereocenters. The summed E-state index contributed by atoms with van der Waals surface area (Å²) in [5.41, 5.74) is 2.74. The van der Waals surface area contributed by atoms with Gasteiger partial charge in [-0.3, -0.25) is 0 Å². The van der Waals surface area contributed by atoms with Crippen LogP contribution in [0.25, 0.3) is 0 Å². The summed E-state index contributed by atoms with van der Waals surface area (Å²) in [4.78, 5) is 2.47. The number of sulfonamides is 1. The molecule has 3 aliphatic rings. The maximum atomic E-state index is 11.8. The summed E-state index contributed by atoms with van der Waals surface area (Å²) in [6, 6.07) is 8.92. The van der Waals surface area contributed by atoms with E-state index in [2.05, 4.69) is 29.2 Å². The number of piperidine rings is 2. The van der Waals surface area contributed by atoms with Crippen LogP contribution in [0.5, 0.6) is 0 Å². The van der Waals surface area contributed by atoms with Gasteiger partial charge in [0.2, 0.25) is 10.0 Å². The number of benzene rings is 1. The molecular weight excluding hydrogens is 296 g/mol. The zero-order valence-electron chi connectivity index (χ0n) is 13.2. The molecule has 22 heavy (non-hydrogen) atoms. The fourth-order valence-corrected chi connectivity index (χ4v) is 5.21. The van der Waals surface area contributed by atoms with Crippen molar-refractivity contribution in [1.29, 1.82) is 0 Å². The Morgan fingerprint density at radius 2 is 1.77 bits per heavy atom. The molecule has 0 amide bonds. The molecule has 2 saturated heterocycles. The Kier molecular flexibility index (Phi) is 3.28. The van der Waals surface area contributed by atoms with E-state index in [4.69, 9.17) is 0 Å². The zero-order chi connectivity index (χ0) is 15.4. The van der Waals surface area contributed by atoms with Gasteiger partial charge in [0.15, 0.2) is 0 Å². The summed E-state index contributed by atoms with van der Waals surface area (Å²) >= 11 is 0. The van der Waals surface area contributed by atoms with Crippen molar-refractivity contribution >= 4 is 15.7 Å². The van der Waals surface area contributed by atoms with Crippen LogP contribution >= 0.6 is 0 Å². The third kappa shape index (κ3) is 2.35. The van der Waals surface area contributed by atoms with E-state index in [0.29, 0.717) is 19.0 Å². The minimum atomic E-state index is -3.05. The van der Waals surface area contributed by atoms with Crippen LogP contribution in [0, 0.1) is 5.92 Å². The number of anilines is 1. The molecule has 1 saturated carbocycles. The molecule has 4 rings (SSSR count). The molecule has 1 aromatic rings. The Hall–Kier alpha value is -1.07. The van der Waals surface area contributed by atoms with Crippen molar-refractivity contribution in [2.75, 3.05) is 37.3 Å². The van der Waals surface area contributed by atoms with Gasteiger partial charge in [0.1, 0.15) is 0 Å². The van der Waals surface area contributed by atoms with Crippen molar-refractivity contribution in [3.8, 4) is 0 Å². The molecule has 2 aliphatic heterocycles. The average Bonchev–Trinajstić information content (AvgIpc) is 3.09. The molecule has 2 unspecified atom stereocenters. The lowest BCUT2D eigenvalue weighted by Crippen LogP contribution is -2.32. The fraction of sp³-hybridized carbons (Fsp3) is 0.647. The second kappa shape index (κ2) is 4.96. The monoisotopic (exact) mass is 320 g/mol. The predicted molar refractivity (Wildman–Crippen MR) is 88.7 cm³/mol. The number of hydrogen-bond acceptors (Lipinski definition) is 3. The van der Waals surface area contributed by atoms with Gasteiger partial charge in [-0.1, -0.05) is 12.1 Å². The molecule has 1 aliphatic carbocycles. The van der Waals surface area contributed by atoms with Gasteiger partial charge < -0.3 is 4.90 Å². The van der Waals surface area contributed by atoms with Crippen molar-refractivity contribution in [3.63, 3.8) is 0 Å². The second-order valence-corrected chi connectivity index (χ2v) is 9.19. The van der Waals surface area contributed by atoms with Gasteiger partial charge in [-0.15, -0.1) is 0 Å². The van der Waals surface area contributed by atoms with E-state index < -0.39 is 10.0 Å². The SMILES string of the molecule is CS(=O)(=O)N1CC2CC2(c2ccc(N3CCCCC3)cc2)C1. The maximum Gasteiger partial charge on any atom is 0.211 e. The van der Waals surface area contributed by atoms with E-state index in [1.54, 1.807) is 4.31 Å². The first-order valence-electron chi connectivity index (χ1n) is 8.30. The van der Waals surface area contributed by atoms with E-state index in [1.807, 2.05) is 0 Å². The lowest BCUT2D eigenvalue weighted by molar-refractivity contribution is 0.437. The normalized spacial score (nSPS) is 32.0. The third-order valence-corrected chi connectivity index (χ3v) is 6.96. The molecule has 0 aromatic heterocycles. The first-order chi connectivity index (χ1) is 10.5.